The number of rotatable bonds is 6. The van der Waals surface area contributed by atoms with Gasteiger partial charge in [0.25, 0.3) is 0 Å². The maximum atomic E-state index is 12.6. The number of sulfonamides is 1. The number of hydrogen-bond acceptors (Lipinski definition) is 3. The standard InChI is InChI=1S/C17H30N4O2S/c1-7-13(2)20-16(18-6)19-12-14-10-8-9-11-15(14)24(22,23)21-17(3,4)5/h8-11,13,21H,7,12H2,1-6H3,(H2,18,19,20). The lowest BCUT2D eigenvalue weighted by Crippen LogP contribution is -2.42. The highest BCUT2D eigenvalue weighted by molar-refractivity contribution is 7.89. The molecule has 7 heteroatoms. The first kappa shape index (κ1) is 20.4. The largest absolute Gasteiger partial charge is 0.354 e. The maximum absolute atomic E-state index is 12.6. The third kappa shape index (κ3) is 6.49. The summed E-state index contributed by atoms with van der Waals surface area (Å²) in [5, 5.41) is 6.43. The average Bonchev–Trinajstić information content (AvgIpc) is 2.49. The number of aliphatic imine (C=N–C) groups is 1. The Kier molecular flexibility index (Phi) is 7.23. The van der Waals surface area contributed by atoms with E-state index in [0.717, 1.165) is 6.42 Å². The minimum Gasteiger partial charge on any atom is -0.354 e. The molecule has 136 valence electrons. The molecule has 0 saturated carbocycles. The van der Waals surface area contributed by atoms with Crippen LogP contribution in [0.3, 0.4) is 0 Å². The van der Waals surface area contributed by atoms with E-state index in [1.165, 1.54) is 0 Å². The van der Waals surface area contributed by atoms with E-state index in [1.807, 2.05) is 26.8 Å². The van der Waals surface area contributed by atoms with Crippen molar-refractivity contribution in [3.8, 4) is 0 Å². The van der Waals surface area contributed by atoms with Crippen molar-refractivity contribution in [3.63, 3.8) is 0 Å². The van der Waals surface area contributed by atoms with Crippen LogP contribution in [0.15, 0.2) is 34.2 Å². The lowest BCUT2D eigenvalue weighted by Gasteiger charge is -2.22. The Balaban J connectivity index is 2.95. The summed E-state index contributed by atoms with van der Waals surface area (Å²) in [6, 6.07) is 7.28. The fourth-order valence-electron chi connectivity index (χ4n) is 2.08. The van der Waals surface area contributed by atoms with Crippen LogP contribution < -0.4 is 15.4 Å². The Hall–Kier alpha value is -1.60. The van der Waals surface area contributed by atoms with E-state index in [1.54, 1.807) is 25.2 Å². The van der Waals surface area contributed by atoms with Gasteiger partial charge in [0.05, 0.1) is 4.90 Å². The number of hydrogen-bond donors (Lipinski definition) is 3. The van der Waals surface area contributed by atoms with Gasteiger partial charge < -0.3 is 10.6 Å². The van der Waals surface area contributed by atoms with Crippen LogP contribution in [-0.4, -0.2) is 33.0 Å². The minimum atomic E-state index is -3.58. The van der Waals surface area contributed by atoms with E-state index in [0.29, 0.717) is 18.1 Å². The quantitative estimate of drug-likeness (QED) is 0.540. The summed E-state index contributed by atoms with van der Waals surface area (Å²) in [6.07, 6.45) is 0.973. The molecule has 0 aliphatic rings. The van der Waals surface area contributed by atoms with E-state index in [2.05, 4.69) is 34.2 Å². The summed E-state index contributed by atoms with van der Waals surface area (Å²) in [4.78, 5) is 4.46. The molecule has 0 fully saturated rings. The normalized spacial score (nSPS) is 14.3. The van der Waals surface area contributed by atoms with Crippen molar-refractivity contribution < 1.29 is 8.42 Å². The lowest BCUT2D eigenvalue weighted by atomic mass is 10.1. The molecule has 0 saturated heterocycles. The molecule has 1 aromatic carbocycles. The molecule has 1 unspecified atom stereocenters. The summed E-state index contributed by atoms with van der Waals surface area (Å²) in [5.41, 5.74) is 0.161. The number of guanidine groups is 1. The van der Waals surface area contributed by atoms with Crippen LogP contribution in [0.4, 0.5) is 0 Å². The highest BCUT2D eigenvalue weighted by Gasteiger charge is 2.24. The van der Waals surface area contributed by atoms with Crippen LogP contribution in [0.1, 0.15) is 46.6 Å². The van der Waals surface area contributed by atoms with Crippen LogP contribution in [0.2, 0.25) is 0 Å². The van der Waals surface area contributed by atoms with Gasteiger partial charge in [-0.2, -0.15) is 0 Å². The zero-order valence-electron chi connectivity index (χ0n) is 15.5. The van der Waals surface area contributed by atoms with Gasteiger partial charge in [0.2, 0.25) is 10.0 Å². The van der Waals surface area contributed by atoms with Crippen LogP contribution >= 0.6 is 0 Å². The fraction of sp³-hybridized carbons (Fsp3) is 0.588. The molecule has 0 radical (unpaired) electrons. The smallest absolute Gasteiger partial charge is 0.241 e. The average molecular weight is 355 g/mol. The minimum absolute atomic E-state index is 0.284. The maximum Gasteiger partial charge on any atom is 0.241 e. The van der Waals surface area contributed by atoms with Gasteiger partial charge in [0.15, 0.2) is 5.96 Å². The van der Waals surface area contributed by atoms with Crippen molar-refractivity contribution in [1.29, 1.82) is 0 Å². The molecule has 1 aromatic rings. The monoisotopic (exact) mass is 354 g/mol. The van der Waals surface area contributed by atoms with Gasteiger partial charge in [0.1, 0.15) is 0 Å². The predicted molar refractivity (Wildman–Crippen MR) is 99.6 cm³/mol. The van der Waals surface area contributed by atoms with E-state index in [4.69, 9.17) is 0 Å². The Bertz CT molecular complexity index is 663. The van der Waals surface area contributed by atoms with E-state index >= 15 is 0 Å². The lowest BCUT2D eigenvalue weighted by molar-refractivity contribution is 0.491. The van der Waals surface area contributed by atoms with Gasteiger partial charge in [-0.15, -0.1) is 0 Å². The van der Waals surface area contributed by atoms with Gasteiger partial charge in [-0.05, 0) is 45.7 Å². The molecular weight excluding hydrogens is 324 g/mol. The van der Waals surface area contributed by atoms with Crippen LogP contribution in [0.5, 0.6) is 0 Å². The molecule has 0 aliphatic heterocycles. The zero-order chi connectivity index (χ0) is 18.4. The van der Waals surface area contributed by atoms with Crippen molar-refractivity contribution in [3.05, 3.63) is 29.8 Å². The topological polar surface area (TPSA) is 82.6 Å². The van der Waals surface area contributed by atoms with Crippen molar-refractivity contribution in [1.82, 2.24) is 15.4 Å². The molecule has 0 aliphatic carbocycles. The third-order valence-electron chi connectivity index (χ3n) is 3.37. The molecule has 0 aromatic heterocycles. The van der Waals surface area contributed by atoms with Crippen LogP contribution in [0.25, 0.3) is 0 Å². The number of nitrogens with one attached hydrogen (secondary N) is 3. The predicted octanol–water partition coefficient (Wildman–Crippen LogP) is 2.23. The van der Waals surface area contributed by atoms with Crippen LogP contribution in [0, 0.1) is 0 Å². The molecule has 0 bridgehead atoms. The highest BCUT2D eigenvalue weighted by atomic mass is 32.2. The van der Waals surface area contributed by atoms with Crippen molar-refractivity contribution in [2.24, 2.45) is 4.99 Å². The summed E-state index contributed by atoms with van der Waals surface area (Å²) in [5.74, 6) is 0.653. The van der Waals surface area contributed by atoms with Gasteiger partial charge in [0, 0.05) is 25.2 Å². The van der Waals surface area contributed by atoms with E-state index in [-0.39, 0.29) is 10.9 Å². The summed E-state index contributed by atoms with van der Waals surface area (Å²) >= 11 is 0. The van der Waals surface area contributed by atoms with Crippen LogP contribution in [-0.2, 0) is 16.6 Å². The molecule has 1 atom stereocenters. The second kappa shape index (κ2) is 8.48. The van der Waals surface area contributed by atoms with Gasteiger partial charge in [-0.3, -0.25) is 4.99 Å². The second-order valence-corrected chi connectivity index (χ2v) is 8.49. The molecule has 24 heavy (non-hydrogen) atoms. The van der Waals surface area contributed by atoms with Crippen molar-refractivity contribution >= 4 is 16.0 Å². The first-order valence-corrected chi connectivity index (χ1v) is 9.66. The van der Waals surface area contributed by atoms with Gasteiger partial charge in [-0.25, -0.2) is 13.1 Å². The molecule has 1 rings (SSSR count). The first-order valence-electron chi connectivity index (χ1n) is 8.18. The highest BCUT2D eigenvalue weighted by Crippen LogP contribution is 2.17. The van der Waals surface area contributed by atoms with E-state index in [9.17, 15) is 8.42 Å². The van der Waals surface area contributed by atoms with Gasteiger partial charge in [-0.1, -0.05) is 25.1 Å². The Morgan fingerprint density at radius 2 is 1.88 bits per heavy atom. The summed E-state index contributed by atoms with van der Waals surface area (Å²) in [7, 11) is -1.89. The molecular formula is C17H30N4O2S. The second-order valence-electron chi connectivity index (χ2n) is 6.84. The zero-order valence-corrected chi connectivity index (χ0v) is 16.3. The molecule has 3 N–H and O–H groups in total. The fourth-order valence-corrected chi connectivity index (χ4v) is 3.74. The van der Waals surface area contributed by atoms with Crippen molar-refractivity contribution in [2.75, 3.05) is 7.05 Å². The molecule has 0 heterocycles. The van der Waals surface area contributed by atoms with Gasteiger partial charge >= 0.3 is 0 Å². The third-order valence-corrected chi connectivity index (χ3v) is 5.23. The molecule has 0 spiro atoms. The molecule has 0 amide bonds. The number of benzene rings is 1. The Morgan fingerprint density at radius 3 is 2.42 bits per heavy atom. The number of nitrogens with zero attached hydrogens (tertiary/aromatic N) is 1. The Labute approximate surface area is 146 Å². The summed E-state index contributed by atoms with van der Waals surface area (Å²) < 4.78 is 27.9. The van der Waals surface area contributed by atoms with Crippen molar-refractivity contribution in [2.45, 2.75) is 64.1 Å². The SMILES string of the molecule is CCC(C)NC(=NC)NCc1ccccc1S(=O)(=O)NC(C)(C)C. The Morgan fingerprint density at radius 1 is 1.25 bits per heavy atom. The molecule has 6 nitrogen and oxygen atoms in total. The first-order chi connectivity index (χ1) is 11.1. The summed E-state index contributed by atoms with van der Waals surface area (Å²) in [6.45, 7) is 10.00. The van der Waals surface area contributed by atoms with E-state index < -0.39 is 15.6 Å².